The minimum Gasteiger partial charge on any atom is -0.368 e. The van der Waals surface area contributed by atoms with Gasteiger partial charge in [-0.05, 0) is 26.0 Å². The number of hydrogen-bond acceptors (Lipinski definition) is 3. The lowest BCUT2D eigenvalue weighted by Crippen LogP contribution is -2.44. The number of aryl methyl sites for hydroxylation is 1. The van der Waals surface area contributed by atoms with Gasteiger partial charge in [0.2, 0.25) is 0 Å². The molecule has 1 heterocycles. The average Bonchev–Trinajstić information content (AvgIpc) is 2.40. The second kappa shape index (κ2) is 5.87. The minimum atomic E-state index is 0.0229. The maximum Gasteiger partial charge on any atom is 0.253 e. The van der Waals surface area contributed by atoms with Crippen LogP contribution in [0, 0.1) is 6.92 Å². The standard InChI is InChI=1S/C14H21N3O/c1-3-16-14(18)12-10-11(2)4-5-13(12)17-8-6-15-7-9-17/h4-5,10,15H,3,6-9H2,1-2H3,(H,16,18). The summed E-state index contributed by atoms with van der Waals surface area (Å²) in [6.45, 7) is 8.48. The van der Waals surface area contributed by atoms with Crippen LogP contribution in [0.2, 0.25) is 0 Å². The Morgan fingerprint density at radius 1 is 1.39 bits per heavy atom. The van der Waals surface area contributed by atoms with E-state index < -0.39 is 0 Å². The fourth-order valence-corrected chi connectivity index (χ4v) is 2.27. The van der Waals surface area contributed by atoms with Gasteiger partial charge in [0.15, 0.2) is 0 Å². The first kappa shape index (κ1) is 12.9. The van der Waals surface area contributed by atoms with Crippen LogP contribution >= 0.6 is 0 Å². The van der Waals surface area contributed by atoms with Gasteiger partial charge in [-0.1, -0.05) is 11.6 Å². The van der Waals surface area contributed by atoms with Gasteiger partial charge in [-0.25, -0.2) is 0 Å². The van der Waals surface area contributed by atoms with Crippen LogP contribution < -0.4 is 15.5 Å². The largest absolute Gasteiger partial charge is 0.368 e. The number of amides is 1. The molecule has 1 aliphatic heterocycles. The van der Waals surface area contributed by atoms with E-state index in [2.05, 4.69) is 27.7 Å². The summed E-state index contributed by atoms with van der Waals surface area (Å²) in [6, 6.07) is 6.10. The molecule has 4 heteroatoms. The van der Waals surface area contributed by atoms with Crippen LogP contribution in [0.3, 0.4) is 0 Å². The van der Waals surface area contributed by atoms with Gasteiger partial charge < -0.3 is 15.5 Å². The highest BCUT2D eigenvalue weighted by atomic mass is 16.1. The smallest absolute Gasteiger partial charge is 0.253 e. The number of nitrogens with zero attached hydrogens (tertiary/aromatic N) is 1. The number of anilines is 1. The molecule has 0 spiro atoms. The van der Waals surface area contributed by atoms with Crippen LogP contribution in [0.5, 0.6) is 0 Å². The summed E-state index contributed by atoms with van der Waals surface area (Å²) in [5.41, 5.74) is 2.96. The average molecular weight is 247 g/mol. The van der Waals surface area contributed by atoms with E-state index in [9.17, 15) is 4.79 Å². The second-order valence-electron chi connectivity index (χ2n) is 4.62. The van der Waals surface area contributed by atoms with Crippen molar-refractivity contribution in [2.45, 2.75) is 13.8 Å². The third kappa shape index (κ3) is 2.82. The van der Waals surface area contributed by atoms with E-state index in [0.29, 0.717) is 6.54 Å². The Hall–Kier alpha value is -1.55. The van der Waals surface area contributed by atoms with E-state index in [1.807, 2.05) is 19.9 Å². The Labute approximate surface area is 108 Å². The Balaban J connectivity index is 2.30. The molecule has 1 aliphatic rings. The lowest BCUT2D eigenvalue weighted by Gasteiger charge is -2.31. The predicted octanol–water partition coefficient (Wildman–Crippen LogP) is 1.15. The van der Waals surface area contributed by atoms with Crippen LogP contribution in [0.1, 0.15) is 22.8 Å². The molecule has 4 nitrogen and oxygen atoms in total. The van der Waals surface area contributed by atoms with Crippen LogP contribution in [-0.4, -0.2) is 38.6 Å². The van der Waals surface area contributed by atoms with Crippen molar-refractivity contribution >= 4 is 11.6 Å². The van der Waals surface area contributed by atoms with Gasteiger partial charge in [0, 0.05) is 38.4 Å². The predicted molar refractivity (Wildman–Crippen MR) is 74.3 cm³/mol. The number of benzene rings is 1. The number of hydrogen-bond donors (Lipinski definition) is 2. The molecule has 0 bridgehead atoms. The Morgan fingerprint density at radius 2 is 2.11 bits per heavy atom. The second-order valence-corrected chi connectivity index (χ2v) is 4.62. The van der Waals surface area contributed by atoms with Crippen molar-refractivity contribution < 1.29 is 4.79 Å². The Morgan fingerprint density at radius 3 is 2.78 bits per heavy atom. The minimum absolute atomic E-state index is 0.0229. The number of rotatable bonds is 3. The fourth-order valence-electron chi connectivity index (χ4n) is 2.27. The lowest BCUT2D eigenvalue weighted by molar-refractivity contribution is 0.0956. The van der Waals surface area contributed by atoms with Crippen molar-refractivity contribution in [3.8, 4) is 0 Å². The van der Waals surface area contributed by atoms with Gasteiger partial charge >= 0.3 is 0 Å². The van der Waals surface area contributed by atoms with Crippen molar-refractivity contribution in [2.75, 3.05) is 37.6 Å². The highest BCUT2D eigenvalue weighted by molar-refractivity contribution is 6.00. The normalized spacial score (nSPS) is 15.6. The highest BCUT2D eigenvalue weighted by Crippen LogP contribution is 2.22. The topological polar surface area (TPSA) is 44.4 Å². The number of carbonyl (C=O) groups excluding carboxylic acids is 1. The summed E-state index contributed by atoms with van der Waals surface area (Å²) in [7, 11) is 0. The SMILES string of the molecule is CCNC(=O)c1cc(C)ccc1N1CCNCC1. The van der Waals surface area contributed by atoms with E-state index >= 15 is 0 Å². The van der Waals surface area contributed by atoms with Gasteiger partial charge in [-0.15, -0.1) is 0 Å². The molecule has 1 amide bonds. The molecule has 0 aliphatic carbocycles. The zero-order valence-electron chi connectivity index (χ0n) is 11.1. The van der Waals surface area contributed by atoms with Crippen molar-refractivity contribution in [1.29, 1.82) is 0 Å². The fraction of sp³-hybridized carbons (Fsp3) is 0.500. The van der Waals surface area contributed by atoms with E-state index in [0.717, 1.165) is 43.0 Å². The maximum atomic E-state index is 12.1. The van der Waals surface area contributed by atoms with Gasteiger partial charge in [0.05, 0.1) is 5.56 Å². The van der Waals surface area contributed by atoms with Crippen molar-refractivity contribution in [3.05, 3.63) is 29.3 Å². The van der Waals surface area contributed by atoms with Gasteiger partial charge in [-0.3, -0.25) is 4.79 Å². The zero-order valence-corrected chi connectivity index (χ0v) is 11.1. The van der Waals surface area contributed by atoms with Gasteiger partial charge in [-0.2, -0.15) is 0 Å². The van der Waals surface area contributed by atoms with Gasteiger partial charge in [0.1, 0.15) is 0 Å². The molecule has 1 aromatic rings. The first-order chi connectivity index (χ1) is 8.72. The molecule has 0 atom stereocenters. The molecular formula is C14H21N3O. The summed E-state index contributed by atoms with van der Waals surface area (Å²) >= 11 is 0. The summed E-state index contributed by atoms with van der Waals surface area (Å²) in [4.78, 5) is 14.4. The van der Waals surface area contributed by atoms with Crippen LogP contribution in [0.15, 0.2) is 18.2 Å². The van der Waals surface area contributed by atoms with Crippen molar-refractivity contribution in [2.24, 2.45) is 0 Å². The molecule has 98 valence electrons. The summed E-state index contributed by atoms with van der Waals surface area (Å²) in [5.74, 6) is 0.0229. The maximum absolute atomic E-state index is 12.1. The first-order valence-electron chi connectivity index (χ1n) is 6.57. The molecule has 2 rings (SSSR count). The molecule has 1 aromatic carbocycles. The summed E-state index contributed by atoms with van der Waals surface area (Å²) in [5, 5.41) is 6.21. The first-order valence-corrected chi connectivity index (χ1v) is 6.57. The van der Waals surface area contributed by atoms with E-state index in [-0.39, 0.29) is 5.91 Å². The number of carbonyl (C=O) groups is 1. The molecule has 0 aromatic heterocycles. The van der Waals surface area contributed by atoms with Crippen LogP contribution in [-0.2, 0) is 0 Å². The quantitative estimate of drug-likeness (QED) is 0.842. The molecule has 1 saturated heterocycles. The Bertz CT molecular complexity index is 425. The molecule has 0 unspecified atom stereocenters. The molecule has 2 N–H and O–H groups in total. The van der Waals surface area contributed by atoms with E-state index in [1.165, 1.54) is 0 Å². The highest BCUT2D eigenvalue weighted by Gasteiger charge is 2.17. The lowest BCUT2D eigenvalue weighted by atomic mass is 10.1. The van der Waals surface area contributed by atoms with Gasteiger partial charge in [0.25, 0.3) is 5.91 Å². The van der Waals surface area contributed by atoms with E-state index in [1.54, 1.807) is 0 Å². The van der Waals surface area contributed by atoms with E-state index in [4.69, 9.17) is 0 Å². The number of piperazine rings is 1. The molecule has 18 heavy (non-hydrogen) atoms. The zero-order chi connectivity index (χ0) is 13.0. The molecule has 1 fully saturated rings. The van der Waals surface area contributed by atoms with Crippen molar-refractivity contribution in [1.82, 2.24) is 10.6 Å². The van der Waals surface area contributed by atoms with Crippen LogP contribution in [0.4, 0.5) is 5.69 Å². The number of nitrogens with one attached hydrogen (secondary N) is 2. The monoisotopic (exact) mass is 247 g/mol. The molecular weight excluding hydrogens is 226 g/mol. The third-order valence-corrected chi connectivity index (χ3v) is 3.19. The molecule has 0 saturated carbocycles. The Kier molecular flexibility index (Phi) is 4.20. The summed E-state index contributed by atoms with van der Waals surface area (Å²) in [6.07, 6.45) is 0. The summed E-state index contributed by atoms with van der Waals surface area (Å²) < 4.78 is 0. The van der Waals surface area contributed by atoms with Crippen LogP contribution in [0.25, 0.3) is 0 Å². The molecule has 0 radical (unpaired) electrons. The third-order valence-electron chi connectivity index (χ3n) is 3.19. The van der Waals surface area contributed by atoms with Crippen molar-refractivity contribution in [3.63, 3.8) is 0 Å².